The zero-order chi connectivity index (χ0) is 49.3. The van der Waals surface area contributed by atoms with Crippen molar-refractivity contribution in [3.05, 3.63) is 72.0 Å². The molecule has 2 rings (SSSR count). The lowest BCUT2D eigenvalue weighted by molar-refractivity contribution is -0.146. The van der Waals surface area contributed by atoms with Crippen LogP contribution >= 0.6 is 0 Å². The molecule has 1 saturated heterocycles. The van der Waals surface area contributed by atoms with Gasteiger partial charge >= 0.3 is 11.9 Å². The van der Waals surface area contributed by atoms with E-state index in [1.807, 2.05) is 50.3 Å². The molecule has 8 N–H and O–H groups in total. The maximum absolute atomic E-state index is 13.7. The highest BCUT2D eigenvalue weighted by Crippen LogP contribution is 2.18. The number of carbonyl (C=O) groups is 9. The van der Waals surface area contributed by atoms with Gasteiger partial charge in [0, 0.05) is 26.5 Å². The largest absolute Gasteiger partial charge is 0.480 e. The Hall–Kier alpha value is -6.37. The van der Waals surface area contributed by atoms with Crippen molar-refractivity contribution in [3.8, 4) is 0 Å². The van der Waals surface area contributed by atoms with Crippen molar-refractivity contribution in [2.75, 3.05) is 14.2 Å². The molecule has 65 heavy (non-hydrogen) atoms. The van der Waals surface area contributed by atoms with E-state index in [1.54, 1.807) is 27.0 Å². The number of carbonyl (C=O) groups excluding carboxylic acids is 7. The molecule has 7 amide bonds. The van der Waals surface area contributed by atoms with Gasteiger partial charge in [-0.1, -0.05) is 95.3 Å². The highest BCUT2D eigenvalue weighted by molar-refractivity contribution is 6.00. The van der Waals surface area contributed by atoms with E-state index in [9.17, 15) is 53.4 Å². The molecule has 19 heteroatoms. The second-order valence-corrected chi connectivity index (χ2v) is 17.0. The monoisotopic (exact) mass is 909 g/mol. The normalized spacial score (nSPS) is 26.7. The maximum Gasteiger partial charge on any atom is 0.327 e. The summed E-state index contributed by atoms with van der Waals surface area (Å²) in [4.78, 5) is 120. The van der Waals surface area contributed by atoms with Crippen LogP contribution in [0.25, 0.3) is 0 Å². The number of rotatable bonds is 11. The van der Waals surface area contributed by atoms with Gasteiger partial charge in [0.15, 0.2) is 0 Å². The van der Waals surface area contributed by atoms with Crippen LogP contribution in [0.15, 0.2) is 66.4 Å². The summed E-state index contributed by atoms with van der Waals surface area (Å²) in [6, 6.07) is 1.35. The van der Waals surface area contributed by atoms with E-state index in [-0.39, 0.29) is 24.4 Å². The van der Waals surface area contributed by atoms with Crippen molar-refractivity contribution in [2.45, 2.75) is 123 Å². The van der Waals surface area contributed by atoms with Crippen molar-refractivity contribution in [2.24, 2.45) is 23.7 Å². The van der Waals surface area contributed by atoms with Crippen LogP contribution in [0.4, 0.5) is 0 Å². The molecular weight excluding hydrogens is 843 g/mol. The van der Waals surface area contributed by atoms with E-state index >= 15 is 0 Å². The fourth-order valence-electron chi connectivity index (χ4n) is 6.82. The van der Waals surface area contributed by atoms with Crippen LogP contribution in [0.3, 0.4) is 0 Å². The fourth-order valence-corrected chi connectivity index (χ4v) is 6.82. The molecule has 358 valence electrons. The summed E-state index contributed by atoms with van der Waals surface area (Å²) in [6.45, 7) is 16.2. The number of hydrogen-bond donors (Lipinski definition) is 8. The Morgan fingerprint density at radius 3 is 1.95 bits per heavy atom. The molecule has 1 aromatic rings. The lowest BCUT2D eigenvalue weighted by Crippen LogP contribution is -2.58. The van der Waals surface area contributed by atoms with Gasteiger partial charge in [0.05, 0.1) is 24.0 Å². The minimum absolute atomic E-state index is 0.0331. The van der Waals surface area contributed by atoms with Gasteiger partial charge in [-0.25, -0.2) is 9.59 Å². The molecule has 1 heterocycles. The van der Waals surface area contributed by atoms with Gasteiger partial charge in [-0.15, -0.1) is 0 Å². The van der Waals surface area contributed by atoms with Gasteiger partial charge in [-0.2, -0.15) is 0 Å². The Balaban J connectivity index is 2.57. The summed E-state index contributed by atoms with van der Waals surface area (Å²) in [7, 11) is 2.84. The van der Waals surface area contributed by atoms with Gasteiger partial charge in [0.25, 0.3) is 5.91 Å². The van der Waals surface area contributed by atoms with Crippen LogP contribution < -0.4 is 31.9 Å². The average molecular weight is 910 g/mol. The van der Waals surface area contributed by atoms with Gasteiger partial charge in [0.2, 0.25) is 35.4 Å². The van der Waals surface area contributed by atoms with Crippen LogP contribution in [0.1, 0.15) is 80.2 Å². The highest BCUT2D eigenvalue weighted by Gasteiger charge is 2.37. The second kappa shape index (κ2) is 25.8. The summed E-state index contributed by atoms with van der Waals surface area (Å²) >= 11 is 0. The van der Waals surface area contributed by atoms with Gasteiger partial charge in [0.1, 0.15) is 35.9 Å². The number of hydrogen-bond acceptors (Lipinski definition) is 10. The van der Waals surface area contributed by atoms with Crippen LogP contribution in [0.2, 0.25) is 0 Å². The molecule has 10 atom stereocenters. The fraction of sp³-hybridized carbons (Fsp3) is 0.543. The molecule has 0 radical (unpaired) electrons. The third-order valence-corrected chi connectivity index (χ3v) is 11.1. The topological polar surface area (TPSA) is 279 Å². The number of methoxy groups -OCH3 is 1. The first-order chi connectivity index (χ1) is 30.4. The Morgan fingerprint density at radius 2 is 1.38 bits per heavy atom. The Labute approximate surface area is 380 Å². The Morgan fingerprint density at radius 1 is 0.800 bits per heavy atom. The maximum atomic E-state index is 13.7. The van der Waals surface area contributed by atoms with Crippen molar-refractivity contribution >= 4 is 53.3 Å². The summed E-state index contributed by atoms with van der Waals surface area (Å²) < 4.78 is 5.78. The van der Waals surface area contributed by atoms with Crippen LogP contribution in [-0.4, -0.2) is 125 Å². The van der Waals surface area contributed by atoms with Crippen LogP contribution in [-0.2, 0) is 54.3 Å². The molecular formula is C46H67N7O12. The third kappa shape index (κ3) is 17.3. The number of ether oxygens (including phenoxy) is 1. The molecule has 0 bridgehead atoms. The lowest BCUT2D eigenvalue weighted by atomic mass is 9.94. The molecule has 1 aromatic carbocycles. The van der Waals surface area contributed by atoms with Gasteiger partial charge < -0.3 is 51.8 Å². The summed E-state index contributed by atoms with van der Waals surface area (Å²) in [5, 5.41) is 35.0. The summed E-state index contributed by atoms with van der Waals surface area (Å²) in [5.74, 6) is -11.9. The molecule has 0 aliphatic carbocycles. The molecule has 0 aromatic heterocycles. The molecule has 1 unspecified atom stereocenters. The molecule has 1 fully saturated rings. The molecule has 0 saturated carbocycles. The standard InChI is InChI=1S/C46H67N7O12/c1-24(2)21-35-44(60)52-38(46(63)64)28(6)40(56)47-29(7)41(57)49-33(18-17-25(3)22-26(4)36(65-11)23-32-15-13-12-14-16-32)27(5)39(55)50-34(45(61)62)19-20-37(54)53(10)31(9)43(59)48-30(8)42(58)51-35/h12-18,22,24,26-30,33-36,38H,9,19-21,23H2,1-8,10-11H3,(H,47,56)(H,48,59)(H,49,57)(H,50,55)(H,51,58)(H,52,60)(H,61,62)(H,63,64)/t26-,27-,28-,29-,30+,33?,34+,35-,36-,38+/m0/s1. The molecule has 19 nitrogen and oxygen atoms in total. The zero-order valence-electron chi connectivity index (χ0n) is 38.9. The SMILES string of the molecule is C=C1C(=O)N[C@H](C)C(=O)N[C@@H](CC(C)C)C(=O)N[C@@H](C(=O)O)[C@H](C)C(=O)N[C@@H](C)C(=O)NC(C=CC(C)=C[C@H](C)[C@H](Cc2ccccc2)OC)[C@H](C)C(=O)N[C@@H](C(=O)O)CCC(=O)N1C. The smallest absolute Gasteiger partial charge is 0.327 e. The summed E-state index contributed by atoms with van der Waals surface area (Å²) in [6.07, 6.45) is 4.78. The number of amides is 7. The minimum atomic E-state index is -1.82. The van der Waals surface area contributed by atoms with E-state index in [4.69, 9.17) is 4.74 Å². The Kier molecular flexibility index (Phi) is 21.7. The number of benzene rings is 1. The highest BCUT2D eigenvalue weighted by atomic mass is 16.5. The lowest BCUT2D eigenvalue weighted by Gasteiger charge is -2.27. The van der Waals surface area contributed by atoms with Crippen LogP contribution in [0.5, 0.6) is 0 Å². The van der Waals surface area contributed by atoms with E-state index in [1.165, 1.54) is 40.8 Å². The number of carboxylic acids is 2. The van der Waals surface area contributed by atoms with Gasteiger partial charge in [-0.05, 0) is 51.5 Å². The predicted molar refractivity (Wildman–Crippen MR) is 240 cm³/mol. The van der Waals surface area contributed by atoms with E-state index in [0.29, 0.717) is 6.42 Å². The van der Waals surface area contributed by atoms with Crippen molar-refractivity contribution in [1.82, 2.24) is 36.8 Å². The van der Waals surface area contributed by atoms with Crippen molar-refractivity contribution < 1.29 is 58.1 Å². The van der Waals surface area contributed by atoms with Crippen molar-refractivity contribution in [3.63, 3.8) is 0 Å². The molecule has 0 spiro atoms. The first kappa shape index (κ1) is 54.8. The molecule has 1 aliphatic heterocycles. The second-order valence-electron chi connectivity index (χ2n) is 17.0. The minimum Gasteiger partial charge on any atom is -0.480 e. The Bertz CT molecular complexity index is 1970. The quantitative estimate of drug-likeness (QED) is 0.116. The van der Waals surface area contributed by atoms with E-state index < -0.39 is 120 Å². The predicted octanol–water partition coefficient (Wildman–Crippen LogP) is 1.58. The van der Waals surface area contributed by atoms with Crippen LogP contribution in [0, 0.1) is 23.7 Å². The van der Waals surface area contributed by atoms with E-state index in [0.717, 1.165) is 16.0 Å². The first-order valence-electron chi connectivity index (χ1n) is 21.5. The zero-order valence-corrected chi connectivity index (χ0v) is 38.9. The third-order valence-electron chi connectivity index (χ3n) is 11.1. The number of likely N-dealkylation sites (N-methyl/N-ethyl adjacent to an activating group) is 1. The first-order valence-corrected chi connectivity index (χ1v) is 21.5. The molecule has 1 aliphatic rings. The number of nitrogens with one attached hydrogen (secondary N) is 6. The number of nitrogens with zero attached hydrogens (tertiary/aromatic N) is 1. The van der Waals surface area contributed by atoms with Crippen molar-refractivity contribution in [1.29, 1.82) is 0 Å². The average Bonchev–Trinajstić information content (AvgIpc) is 3.25. The van der Waals surface area contributed by atoms with Gasteiger partial charge in [-0.3, -0.25) is 33.6 Å². The van der Waals surface area contributed by atoms with E-state index in [2.05, 4.69) is 38.5 Å². The number of aliphatic carboxylic acids is 2. The number of allylic oxidation sites excluding steroid dienone is 2. The number of carboxylic acid groups (broad SMARTS) is 2. The summed E-state index contributed by atoms with van der Waals surface area (Å²) in [5.41, 5.74) is 1.42.